The topological polar surface area (TPSA) is 71.8 Å². The Morgan fingerprint density at radius 1 is 1.33 bits per heavy atom. The smallest absolute Gasteiger partial charge is 0.253 e. The maximum Gasteiger partial charge on any atom is 0.253 e. The fourth-order valence-electron chi connectivity index (χ4n) is 1.40. The lowest BCUT2D eigenvalue weighted by Gasteiger charge is -2.03. The van der Waals surface area contributed by atoms with Gasteiger partial charge in [0.1, 0.15) is 5.82 Å². The van der Waals surface area contributed by atoms with Crippen LogP contribution in [0.15, 0.2) is 45.2 Å². The highest BCUT2D eigenvalue weighted by Gasteiger charge is 2.01. The van der Waals surface area contributed by atoms with E-state index < -0.39 is 0 Å². The number of aromatic amines is 1. The molecule has 0 saturated heterocycles. The minimum absolute atomic E-state index is 0.220. The Morgan fingerprint density at radius 3 is 2.67 bits per heavy atom. The number of nitrogens with zero attached hydrogens (tertiary/aromatic N) is 1. The van der Waals surface area contributed by atoms with Gasteiger partial charge in [0.05, 0.1) is 0 Å². The van der Waals surface area contributed by atoms with Gasteiger partial charge in [0.25, 0.3) is 5.56 Å². The molecule has 0 unspecified atom stereocenters. The molecule has 0 saturated carbocycles. The predicted octanol–water partition coefficient (Wildman–Crippen LogP) is 2.37. The van der Waals surface area contributed by atoms with E-state index in [-0.39, 0.29) is 11.4 Å². The monoisotopic (exact) mass is 279 g/mol. The largest absolute Gasteiger partial charge is 0.383 e. The van der Waals surface area contributed by atoms with Crippen molar-refractivity contribution in [1.29, 1.82) is 0 Å². The van der Waals surface area contributed by atoms with Gasteiger partial charge in [-0.1, -0.05) is 23.9 Å². The van der Waals surface area contributed by atoms with Crippen molar-refractivity contribution in [1.82, 2.24) is 9.97 Å². The van der Waals surface area contributed by atoms with Crippen molar-refractivity contribution in [3.05, 3.63) is 46.2 Å². The molecule has 1 aromatic carbocycles. The Kier molecular flexibility index (Phi) is 4.33. The zero-order chi connectivity index (χ0) is 13.0. The van der Waals surface area contributed by atoms with Crippen molar-refractivity contribution in [2.75, 3.05) is 12.0 Å². The van der Waals surface area contributed by atoms with Gasteiger partial charge in [0.15, 0.2) is 5.16 Å². The standard InChI is InChI=1S/C12H13N3OS2/c1-17-9-4-2-8(3-5-9)7-18-12-14-10(13)6-11(16)15-12/h2-6H,7H2,1H3,(H3,13,14,15,16). The number of H-pyrrole nitrogens is 1. The van der Waals surface area contributed by atoms with Crippen LogP contribution in [0.1, 0.15) is 5.56 Å². The molecule has 0 spiro atoms. The van der Waals surface area contributed by atoms with E-state index in [1.165, 1.54) is 28.3 Å². The van der Waals surface area contributed by atoms with E-state index >= 15 is 0 Å². The summed E-state index contributed by atoms with van der Waals surface area (Å²) in [5.74, 6) is 1.00. The number of nitrogens with one attached hydrogen (secondary N) is 1. The van der Waals surface area contributed by atoms with Gasteiger partial charge < -0.3 is 10.7 Å². The summed E-state index contributed by atoms with van der Waals surface area (Å²) in [6.45, 7) is 0. The van der Waals surface area contributed by atoms with Crippen LogP contribution >= 0.6 is 23.5 Å². The van der Waals surface area contributed by atoms with E-state index in [1.54, 1.807) is 11.8 Å². The second-order valence-corrected chi connectivity index (χ2v) is 5.46. The van der Waals surface area contributed by atoms with Crippen LogP contribution in [0.5, 0.6) is 0 Å². The predicted molar refractivity (Wildman–Crippen MR) is 77.1 cm³/mol. The molecule has 0 fully saturated rings. The second kappa shape index (κ2) is 5.97. The average Bonchev–Trinajstić information content (AvgIpc) is 2.36. The van der Waals surface area contributed by atoms with Gasteiger partial charge in [-0.3, -0.25) is 4.79 Å². The van der Waals surface area contributed by atoms with Crippen molar-refractivity contribution in [2.24, 2.45) is 0 Å². The number of hydrogen-bond acceptors (Lipinski definition) is 5. The molecule has 3 N–H and O–H groups in total. The van der Waals surface area contributed by atoms with Crippen LogP contribution < -0.4 is 11.3 Å². The summed E-state index contributed by atoms with van der Waals surface area (Å²) in [5, 5.41) is 0.550. The van der Waals surface area contributed by atoms with Gasteiger partial charge in [0.2, 0.25) is 0 Å². The summed E-state index contributed by atoms with van der Waals surface area (Å²) in [6, 6.07) is 9.58. The van der Waals surface area contributed by atoms with Crippen molar-refractivity contribution in [3.8, 4) is 0 Å². The summed E-state index contributed by atoms with van der Waals surface area (Å²) < 4.78 is 0. The van der Waals surface area contributed by atoms with Crippen LogP contribution in [0.2, 0.25) is 0 Å². The Morgan fingerprint density at radius 2 is 2.06 bits per heavy atom. The number of hydrogen-bond donors (Lipinski definition) is 2. The van der Waals surface area contributed by atoms with Crippen LogP contribution in [0.25, 0.3) is 0 Å². The van der Waals surface area contributed by atoms with E-state index in [0.29, 0.717) is 5.16 Å². The highest BCUT2D eigenvalue weighted by atomic mass is 32.2. The molecule has 0 amide bonds. The number of rotatable bonds is 4. The first-order chi connectivity index (χ1) is 8.67. The van der Waals surface area contributed by atoms with Gasteiger partial charge in [-0.25, -0.2) is 4.98 Å². The van der Waals surface area contributed by atoms with Crippen molar-refractivity contribution in [3.63, 3.8) is 0 Å². The van der Waals surface area contributed by atoms with Gasteiger partial charge in [-0.05, 0) is 24.0 Å². The molecule has 0 aliphatic carbocycles. The van der Waals surface area contributed by atoms with Crippen LogP contribution in [0.4, 0.5) is 5.82 Å². The van der Waals surface area contributed by atoms with Gasteiger partial charge in [0, 0.05) is 16.7 Å². The van der Waals surface area contributed by atoms with Crippen LogP contribution in [-0.2, 0) is 5.75 Å². The number of aromatic nitrogens is 2. The highest BCUT2D eigenvalue weighted by molar-refractivity contribution is 7.98. The third kappa shape index (κ3) is 3.54. The molecule has 4 nitrogen and oxygen atoms in total. The number of thioether (sulfide) groups is 2. The minimum Gasteiger partial charge on any atom is -0.383 e. The van der Waals surface area contributed by atoms with Gasteiger partial charge >= 0.3 is 0 Å². The van der Waals surface area contributed by atoms with E-state index in [0.717, 1.165) is 5.75 Å². The van der Waals surface area contributed by atoms with E-state index in [2.05, 4.69) is 34.2 Å². The average molecular weight is 279 g/mol. The maximum absolute atomic E-state index is 11.2. The maximum atomic E-state index is 11.2. The molecular formula is C12H13N3OS2. The Hall–Kier alpha value is -1.40. The lowest BCUT2D eigenvalue weighted by molar-refractivity contribution is 0.945. The normalized spacial score (nSPS) is 10.5. The van der Waals surface area contributed by atoms with Crippen molar-refractivity contribution < 1.29 is 0 Å². The summed E-state index contributed by atoms with van der Waals surface area (Å²) in [4.78, 5) is 19.2. The molecule has 18 heavy (non-hydrogen) atoms. The molecule has 0 radical (unpaired) electrons. The molecule has 2 rings (SSSR count). The Balaban J connectivity index is 2.04. The second-order valence-electron chi connectivity index (χ2n) is 3.61. The van der Waals surface area contributed by atoms with Crippen molar-refractivity contribution in [2.45, 2.75) is 15.8 Å². The fraction of sp³-hybridized carbons (Fsp3) is 0.167. The summed E-state index contributed by atoms with van der Waals surface area (Å²) in [6.07, 6.45) is 2.05. The Labute approximate surface area is 113 Å². The lowest BCUT2D eigenvalue weighted by Crippen LogP contribution is -2.09. The molecule has 1 heterocycles. The molecule has 1 aromatic heterocycles. The SMILES string of the molecule is CSc1ccc(CSc2nc(N)cc(=O)[nH]2)cc1. The van der Waals surface area contributed by atoms with E-state index in [9.17, 15) is 4.79 Å². The highest BCUT2D eigenvalue weighted by Crippen LogP contribution is 2.21. The summed E-state index contributed by atoms with van der Waals surface area (Å²) >= 11 is 3.17. The van der Waals surface area contributed by atoms with Crippen LogP contribution in [-0.4, -0.2) is 16.2 Å². The molecule has 6 heteroatoms. The third-order valence-corrected chi connectivity index (χ3v) is 3.96. The van der Waals surface area contributed by atoms with E-state index in [4.69, 9.17) is 5.73 Å². The molecule has 94 valence electrons. The molecular weight excluding hydrogens is 266 g/mol. The van der Waals surface area contributed by atoms with E-state index in [1.807, 2.05) is 6.26 Å². The lowest BCUT2D eigenvalue weighted by atomic mass is 10.2. The number of benzene rings is 1. The zero-order valence-electron chi connectivity index (χ0n) is 9.84. The number of nitrogens with two attached hydrogens (primary N) is 1. The first-order valence-corrected chi connectivity index (χ1v) is 7.51. The van der Waals surface area contributed by atoms with Crippen molar-refractivity contribution >= 4 is 29.3 Å². The molecule has 0 atom stereocenters. The van der Waals surface area contributed by atoms with Gasteiger partial charge in [-0.15, -0.1) is 11.8 Å². The number of anilines is 1. The molecule has 0 bridgehead atoms. The fourth-order valence-corrected chi connectivity index (χ4v) is 2.64. The quantitative estimate of drug-likeness (QED) is 0.664. The Bertz CT molecular complexity index is 581. The zero-order valence-corrected chi connectivity index (χ0v) is 11.5. The third-order valence-electron chi connectivity index (χ3n) is 2.27. The summed E-state index contributed by atoms with van der Waals surface area (Å²) in [5.41, 5.74) is 6.48. The first kappa shape index (κ1) is 13.0. The number of nitrogen functional groups attached to an aromatic ring is 1. The minimum atomic E-state index is -0.220. The van der Waals surface area contributed by atoms with Crippen LogP contribution in [0.3, 0.4) is 0 Å². The summed E-state index contributed by atoms with van der Waals surface area (Å²) in [7, 11) is 0. The molecule has 0 aliphatic heterocycles. The van der Waals surface area contributed by atoms with Crippen LogP contribution in [0, 0.1) is 0 Å². The first-order valence-electron chi connectivity index (χ1n) is 5.30. The van der Waals surface area contributed by atoms with Gasteiger partial charge in [-0.2, -0.15) is 0 Å². The molecule has 2 aromatic rings. The molecule has 0 aliphatic rings.